The van der Waals surface area contributed by atoms with E-state index in [1.54, 1.807) is 0 Å². The van der Waals surface area contributed by atoms with Gasteiger partial charge in [0.25, 0.3) is 0 Å². The first kappa shape index (κ1) is 25.4. The molecule has 2 atom stereocenters. The molecule has 0 saturated carbocycles. The van der Waals surface area contributed by atoms with Crippen LogP contribution in [0.5, 0.6) is 0 Å². The number of anilines is 2. The minimum Gasteiger partial charge on any atom is -0.377 e. The van der Waals surface area contributed by atoms with Crippen LogP contribution in [-0.4, -0.2) is 50.6 Å². The summed E-state index contributed by atoms with van der Waals surface area (Å²) in [6.07, 6.45) is 1.60. The highest BCUT2D eigenvalue weighted by Gasteiger charge is 2.28. The lowest BCUT2D eigenvalue weighted by atomic mass is 9.94. The quantitative estimate of drug-likeness (QED) is 0.553. The molecule has 0 aromatic heterocycles. The zero-order valence-corrected chi connectivity index (χ0v) is 20.2. The molecule has 0 bridgehead atoms. The molecular formula is C26H37N3O3. The van der Waals surface area contributed by atoms with E-state index in [2.05, 4.69) is 26.1 Å². The van der Waals surface area contributed by atoms with Gasteiger partial charge in [-0.3, -0.25) is 9.59 Å². The van der Waals surface area contributed by atoms with Crippen molar-refractivity contribution in [2.45, 2.75) is 52.1 Å². The monoisotopic (exact) mass is 439 g/mol. The van der Waals surface area contributed by atoms with E-state index in [-0.39, 0.29) is 30.4 Å². The molecule has 2 aromatic carbocycles. The van der Waals surface area contributed by atoms with Gasteiger partial charge in [0, 0.05) is 45.2 Å². The Balaban J connectivity index is 2.40. The molecular weight excluding hydrogens is 402 g/mol. The number of benzene rings is 2. The average Bonchev–Trinajstić information content (AvgIpc) is 2.78. The number of carbonyl (C=O) groups is 2. The second-order valence-electron chi connectivity index (χ2n) is 8.31. The first-order chi connectivity index (χ1) is 15.3. The maximum absolute atomic E-state index is 13.7. The van der Waals surface area contributed by atoms with Gasteiger partial charge >= 0.3 is 0 Å². The second kappa shape index (κ2) is 12.2. The summed E-state index contributed by atoms with van der Waals surface area (Å²) in [4.78, 5) is 29.7. The Kier molecular flexibility index (Phi) is 9.72. The van der Waals surface area contributed by atoms with Crippen LogP contribution in [0.4, 0.5) is 11.4 Å². The average molecular weight is 440 g/mol. The lowest BCUT2D eigenvalue weighted by Crippen LogP contribution is -2.41. The van der Waals surface area contributed by atoms with Crippen LogP contribution in [0.2, 0.25) is 0 Å². The molecule has 0 aliphatic carbocycles. The van der Waals surface area contributed by atoms with E-state index < -0.39 is 0 Å². The Bertz CT molecular complexity index is 883. The van der Waals surface area contributed by atoms with Crippen molar-refractivity contribution in [1.29, 1.82) is 0 Å². The summed E-state index contributed by atoms with van der Waals surface area (Å²) >= 11 is 0. The topological polar surface area (TPSA) is 61.9 Å². The SMILES string of the molecule is CC[C@H](C(=O)N(Cc1cc(NC(=O)COC)ccc1N(C)C)[C@@H](C)CC)c1ccccc1. The Morgan fingerprint density at radius 2 is 1.72 bits per heavy atom. The van der Waals surface area contributed by atoms with Crippen molar-refractivity contribution in [3.05, 3.63) is 59.7 Å². The Morgan fingerprint density at radius 1 is 1.03 bits per heavy atom. The van der Waals surface area contributed by atoms with Gasteiger partial charge < -0.3 is 19.9 Å². The van der Waals surface area contributed by atoms with E-state index in [0.717, 1.165) is 29.7 Å². The van der Waals surface area contributed by atoms with Gasteiger partial charge in [0.2, 0.25) is 11.8 Å². The van der Waals surface area contributed by atoms with E-state index in [4.69, 9.17) is 4.74 Å². The molecule has 1 N–H and O–H groups in total. The minimum absolute atomic E-state index is 0.00248. The molecule has 0 fully saturated rings. The zero-order chi connectivity index (χ0) is 23.7. The fourth-order valence-electron chi connectivity index (χ4n) is 3.85. The van der Waals surface area contributed by atoms with Gasteiger partial charge in [-0.25, -0.2) is 0 Å². The fraction of sp³-hybridized carbons (Fsp3) is 0.462. The molecule has 2 rings (SSSR count). The van der Waals surface area contributed by atoms with E-state index in [1.807, 2.05) is 72.4 Å². The van der Waals surface area contributed by atoms with Crippen LogP contribution in [0.15, 0.2) is 48.5 Å². The molecule has 6 heteroatoms. The summed E-state index contributed by atoms with van der Waals surface area (Å²) < 4.78 is 4.92. The van der Waals surface area contributed by atoms with Crippen LogP contribution in [0.3, 0.4) is 0 Å². The third-order valence-electron chi connectivity index (χ3n) is 5.78. The van der Waals surface area contributed by atoms with Crippen LogP contribution < -0.4 is 10.2 Å². The molecule has 0 unspecified atom stereocenters. The molecule has 0 aliphatic rings. The molecule has 6 nitrogen and oxygen atoms in total. The molecule has 2 aromatic rings. The number of hydrogen-bond acceptors (Lipinski definition) is 4. The lowest BCUT2D eigenvalue weighted by Gasteiger charge is -2.33. The van der Waals surface area contributed by atoms with Crippen molar-refractivity contribution in [2.75, 3.05) is 38.0 Å². The predicted molar refractivity (Wildman–Crippen MR) is 131 cm³/mol. The van der Waals surface area contributed by atoms with Gasteiger partial charge in [0.1, 0.15) is 6.61 Å². The third kappa shape index (κ3) is 6.57. The standard InChI is InChI=1S/C26H37N3O3/c1-7-19(3)29(26(31)23(8-2)20-12-10-9-11-13-20)17-21-16-22(27-25(30)18-32-6)14-15-24(21)28(4)5/h9-16,19,23H,7-8,17-18H2,1-6H3,(H,27,30)/t19-,23-/m0/s1. The molecule has 0 heterocycles. The minimum atomic E-state index is -0.207. The Morgan fingerprint density at radius 3 is 2.28 bits per heavy atom. The Hall–Kier alpha value is -2.86. The number of hydrogen-bond donors (Lipinski definition) is 1. The van der Waals surface area contributed by atoms with Crippen LogP contribution in [-0.2, 0) is 20.9 Å². The molecule has 2 amide bonds. The summed E-state index contributed by atoms with van der Waals surface area (Å²) in [6.45, 7) is 6.72. The fourth-order valence-corrected chi connectivity index (χ4v) is 3.85. The summed E-state index contributed by atoms with van der Waals surface area (Å²) in [5.74, 6) is -0.259. The van der Waals surface area contributed by atoms with Crippen LogP contribution in [0.25, 0.3) is 0 Å². The lowest BCUT2D eigenvalue weighted by molar-refractivity contribution is -0.135. The number of ether oxygens (including phenoxy) is 1. The normalized spacial score (nSPS) is 12.7. The second-order valence-corrected chi connectivity index (χ2v) is 8.31. The molecule has 174 valence electrons. The molecule has 0 radical (unpaired) electrons. The highest BCUT2D eigenvalue weighted by molar-refractivity contribution is 5.92. The van der Waals surface area contributed by atoms with Gasteiger partial charge in [-0.15, -0.1) is 0 Å². The van der Waals surface area contributed by atoms with Gasteiger partial charge in [0.05, 0.1) is 5.92 Å². The van der Waals surface area contributed by atoms with Crippen molar-refractivity contribution < 1.29 is 14.3 Å². The Labute approximate surface area is 192 Å². The van der Waals surface area contributed by atoms with Crippen molar-refractivity contribution in [1.82, 2.24) is 4.90 Å². The van der Waals surface area contributed by atoms with Gasteiger partial charge in [-0.1, -0.05) is 44.2 Å². The third-order valence-corrected chi connectivity index (χ3v) is 5.78. The highest BCUT2D eigenvalue weighted by Crippen LogP contribution is 2.29. The van der Waals surface area contributed by atoms with E-state index in [0.29, 0.717) is 12.2 Å². The number of nitrogens with one attached hydrogen (secondary N) is 1. The summed E-state index contributed by atoms with van der Waals surface area (Å²) in [7, 11) is 5.46. The summed E-state index contributed by atoms with van der Waals surface area (Å²) in [5.41, 5.74) is 3.74. The molecule has 0 saturated heterocycles. The maximum atomic E-state index is 13.7. The summed E-state index contributed by atoms with van der Waals surface area (Å²) in [6, 6.07) is 15.9. The van der Waals surface area contributed by atoms with Crippen LogP contribution >= 0.6 is 0 Å². The van der Waals surface area contributed by atoms with Crippen LogP contribution in [0, 0.1) is 0 Å². The highest BCUT2D eigenvalue weighted by atomic mass is 16.5. The smallest absolute Gasteiger partial charge is 0.250 e. The van der Waals surface area contributed by atoms with Crippen molar-refractivity contribution in [3.63, 3.8) is 0 Å². The number of nitrogens with zero attached hydrogens (tertiary/aromatic N) is 2. The van der Waals surface area contributed by atoms with Gasteiger partial charge in [-0.05, 0) is 49.1 Å². The van der Waals surface area contributed by atoms with Crippen LogP contribution in [0.1, 0.15) is 50.7 Å². The molecule has 0 spiro atoms. The van der Waals surface area contributed by atoms with Gasteiger partial charge in [0.15, 0.2) is 0 Å². The number of rotatable bonds is 11. The van der Waals surface area contributed by atoms with Crippen molar-refractivity contribution >= 4 is 23.2 Å². The van der Waals surface area contributed by atoms with E-state index in [1.165, 1.54) is 7.11 Å². The first-order valence-electron chi connectivity index (χ1n) is 11.3. The van der Waals surface area contributed by atoms with Crippen molar-refractivity contribution in [2.24, 2.45) is 0 Å². The zero-order valence-electron chi connectivity index (χ0n) is 20.2. The summed E-state index contributed by atoms with van der Waals surface area (Å²) in [5, 5.41) is 2.87. The van der Waals surface area contributed by atoms with Gasteiger partial charge in [-0.2, -0.15) is 0 Å². The predicted octanol–water partition coefficient (Wildman–Crippen LogP) is 4.66. The van der Waals surface area contributed by atoms with E-state index in [9.17, 15) is 9.59 Å². The maximum Gasteiger partial charge on any atom is 0.250 e. The molecule has 0 aliphatic heterocycles. The number of carbonyl (C=O) groups excluding carboxylic acids is 2. The van der Waals surface area contributed by atoms with Crippen molar-refractivity contribution in [3.8, 4) is 0 Å². The molecule has 32 heavy (non-hydrogen) atoms. The largest absolute Gasteiger partial charge is 0.377 e. The van der Waals surface area contributed by atoms with E-state index >= 15 is 0 Å². The first-order valence-corrected chi connectivity index (χ1v) is 11.3. The number of amides is 2. The number of methoxy groups -OCH3 is 1.